The van der Waals surface area contributed by atoms with E-state index in [1.807, 2.05) is 0 Å². The molecule has 2 aromatic carbocycles. The van der Waals surface area contributed by atoms with Crippen LogP contribution in [0.5, 0.6) is 0 Å². The number of aliphatic hydroxyl groups excluding tert-OH is 2. The van der Waals surface area contributed by atoms with Gasteiger partial charge in [0.25, 0.3) is 0 Å². The van der Waals surface area contributed by atoms with Crippen LogP contribution in [0.2, 0.25) is 0 Å². The number of carbonyl (C=O) groups excluding carboxylic acids is 2. The van der Waals surface area contributed by atoms with E-state index in [1.165, 1.54) is 13.8 Å². The quantitative estimate of drug-likeness (QED) is 0.737. The first-order valence-electron chi connectivity index (χ1n) is 8.28. The summed E-state index contributed by atoms with van der Waals surface area (Å²) in [5.41, 5.74) is 0.675. The van der Waals surface area contributed by atoms with E-state index >= 15 is 0 Å². The molecule has 4 unspecified atom stereocenters. The fraction of sp³-hybridized carbons (Fsp3) is 0.300. The van der Waals surface area contributed by atoms with Gasteiger partial charge in [0.05, 0.1) is 11.1 Å². The molecule has 0 saturated heterocycles. The zero-order chi connectivity index (χ0) is 19.1. The smallest absolute Gasteiger partial charge is 0.338 e. The maximum Gasteiger partial charge on any atom is 0.338 e. The van der Waals surface area contributed by atoms with Crippen molar-refractivity contribution >= 4 is 11.9 Å². The summed E-state index contributed by atoms with van der Waals surface area (Å²) in [5.74, 6) is -1.23. The highest BCUT2D eigenvalue weighted by Crippen LogP contribution is 2.14. The molecule has 0 fully saturated rings. The van der Waals surface area contributed by atoms with Crippen LogP contribution in [0.4, 0.5) is 0 Å². The van der Waals surface area contributed by atoms with Gasteiger partial charge in [-0.25, -0.2) is 9.59 Å². The number of rotatable bonds is 7. The SMILES string of the molecule is CC(OC(=O)c1ccccc1)C(O)C(O)C(C)OC(=O)c1ccccc1. The molecule has 0 aliphatic rings. The van der Waals surface area contributed by atoms with Crippen LogP contribution in [0.1, 0.15) is 34.6 Å². The molecule has 0 aliphatic carbocycles. The normalized spacial score (nSPS) is 15.4. The van der Waals surface area contributed by atoms with Crippen LogP contribution >= 0.6 is 0 Å². The van der Waals surface area contributed by atoms with E-state index in [9.17, 15) is 19.8 Å². The second-order valence-corrected chi connectivity index (χ2v) is 5.93. The largest absolute Gasteiger partial charge is 0.456 e. The highest BCUT2D eigenvalue weighted by atomic mass is 16.6. The first kappa shape index (κ1) is 19.6. The van der Waals surface area contributed by atoms with Gasteiger partial charge in [-0.1, -0.05) is 36.4 Å². The van der Waals surface area contributed by atoms with Crippen molar-refractivity contribution in [3.63, 3.8) is 0 Å². The summed E-state index contributed by atoms with van der Waals surface area (Å²) < 4.78 is 10.3. The number of esters is 2. The molecule has 6 heteroatoms. The van der Waals surface area contributed by atoms with Gasteiger partial charge in [-0.3, -0.25) is 0 Å². The molecule has 26 heavy (non-hydrogen) atoms. The minimum atomic E-state index is -1.42. The lowest BCUT2D eigenvalue weighted by atomic mass is 10.0. The first-order valence-corrected chi connectivity index (χ1v) is 8.28. The molecular formula is C20H22O6. The Hall–Kier alpha value is -2.70. The number of ether oxygens (including phenoxy) is 2. The Bertz CT molecular complexity index is 652. The third-order valence-corrected chi connectivity index (χ3v) is 3.92. The highest BCUT2D eigenvalue weighted by molar-refractivity contribution is 5.89. The summed E-state index contributed by atoms with van der Waals surface area (Å²) in [4.78, 5) is 24.0. The molecule has 4 atom stereocenters. The Morgan fingerprint density at radius 2 is 1.00 bits per heavy atom. The van der Waals surface area contributed by atoms with Gasteiger partial charge in [0, 0.05) is 0 Å². The van der Waals surface area contributed by atoms with Crippen LogP contribution in [0.3, 0.4) is 0 Å². The second kappa shape index (κ2) is 9.12. The van der Waals surface area contributed by atoms with E-state index in [4.69, 9.17) is 9.47 Å². The predicted octanol–water partition coefficient (Wildman–Crippen LogP) is 2.20. The molecule has 138 valence electrons. The molecular weight excluding hydrogens is 336 g/mol. The van der Waals surface area contributed by atoms with Crippen molar-refractivity contribution in [1.29, 1.82) is 0 Å². The molecule has 0 aromatic heterocycles. The number of aliphatic hydroxyl groups is 2. The molecule has 0 spiro atoms. The van der Waals surface area contributed by atoms with Crippen molar-refractivity contribution in [2.24, 2.45) is 0 Å². The molecule has 0 saturated carbocycles. The Labute approximate surface area is 152 Å². The lowest BCUT2D eigenvalue weighted by molar-refractivity contribution is -0.104. The molecule has 0 amide bonds. The Morgan fingerprint density at radius 3 is 1.31 bits per heavy atom. The summed E-state index contributed by atoms with van der Waals surface area (Å²) in [6.07, 6.45) is -4.81. The van der Waals surface area contributed by atoms with Crippen LogP contribution in [-0.2, 0) is 9.47 Å². The number of carbonyl (C=O) groups is 2. The predicted molar refractivity (Wildman–Crippen MR) is 94.7 cm³/mol. The van der Waals surface area contributed by atoms with Gasteiger partial charge in [-0.05, 0) is 38.1 Å². The average molecular weight is 358 g/mol. The fourth-order valence-corrected chi connectivity index (χ4v) is 2.32. The molecule has 2 rings (SSSR count). The van der Waals surface area contributed by atoms with Crippen molar-refractivity contribution in [1.82, 2.24) is 0 Å². The van der Waals surface area contributed by atoms with Crippen molar-refractivity contribution in [2.45, 2.75) is 38.3 Å². The van der Waals surface area contributed by atoms with Crippen LogP contribution in [0, 0.1) is 0 Å². The maximum atomic E-state index is 12.0. The lowest BCUT2D eigenvalue weighted by Crippen LogP contribution is -2.45. The van der Waals surface area contributed by atoms with Crippen molar-refractivity contribution in [3.8, 4) is 0 Å². The third-order valence-electron chi connectivity index (χ3n) is 3.92. The molecule has 0 bridgehead atoms. The zero-order valence-electron chi connectivity index (χ0n) is 14.6. The minimum absolute atomic E-state index is 0.338. The average Bonchev–Trinajstić information content (AvgIpc) is 2.67. The van der Waals surface area contributed by atoms with Crippen molar-refractivity contribution in [2.75, 3.05) is 0 Å². The summed E-state index contributed by atoms with van der Waals surface area (Å²) in [6, 6.07) is 16.6. The van der Waals surface area contributed by atoms with Gasteiger partial charge in [0.2, 0.25) is 0 Å². The van der Waals surface area contributed by atoms with Gasteiger partial charge in [-0.15, -0.1) is 0 Å². The van der Waals surface area contributed by atoms with Crippen LogP contribution in [0.25, 0.3) is 0 Å². The van der Waals surface area contributed by atoms with E-state index in [1.54, 1.807) is 60.7 Å². The van der Waals surface area contributed by atoms with Gasteiger partial charge in [-0.2, -0.15) is 0 Å². The monoisotopic (exact) mass is 358 g/mol. The minimum Gasteiger partial charge on any atom is -0.456 e. The van der Waals surface area contributed by atoms with E-state index in [-0.39, 0.29) is 0 Å². The molecule has 2 aromatic rings. The van der Waals surface area contributed by atoms with Crippen molar-refractivity contribution < 1.29 is 29.3 Å². The van der Waals surface area contributed by atoms with E-state index in [0.717, 1.165) is 0 Å². The molecule has 0 aliphatic heterocycles. The Morgan fingerprint density at radius 1 is 0.692 bits per heavy atom. The van der Waals surface area contributed by atoms with Gasteiger partial charge >= 0.3 is 11.9 Å². The number of hydrogen-bond donors (Lipinski definition) is 2. The summed E-state index contributed by atoms with van der Waals surface area (Å²) in [5, 5.41) is 20.4. The third kappa shape index (κ3) is 5.15. The molecule has 0 heterocycles. The number of benzene rings is 2. The molecule has 2 N–H and O–H groups in total. The standard InChI is InChI=1S/C20H22O6/c1-13(25-19(23)15-9-5-3-6-10-15)17(21)18(22)14(2)26-20(24)16-11-7-4-8-12-16/h3-14,17-18,21-22H,1-2H3. The Kier molecular flexibility index (Phi) is 6.89. The van der Waals surface area contributed by atoms with Crippen LogP contribution < -0.4 is 0 Å². The number of hydrogen-bond acceptors (Lipinski definition) is 6. The summed E-state index contributed by atoms with van der Waals surface area (Å²) >= 11 is 0. The summed E-state index contributed by atoms with van der Waals surface area (Å²) in [6.45, 7) is 2.92. The molecule has 0 radical (unpaired) electrons. The van der Waals surface area contributed by atoms with Crippen LogP contribution in [0.15, 0.2) is 60.7 Å². The van der Waals surface area contributed by atoms with E-state index in [0.29, 0.717) is 11.1 Å². The van der Waals surface area contributed by atoms with E-state index in [2.05, 4.69) is 0 Å². The fourth-order valence-electron chi connectivity index (χ4n) is 2.32. The van der Waals surface area contributed by atoms with Gasteiger partial charge < -0.3 is 19.7 Å². The maximum absolute atomic E-state index is 12.0. The van der Waals surface area contributed by atoms with E-state index < -0.39 is 36.4 Å². The summed E-state index contributed by atoms with van der Waals surface area (Å²) in [7, 11) is 0. The van der Waals surface area contributed by atoms with Gasteiger partial charge in [0.1, 0.15) is 24.4 Å². The lowest BCUT2D eigenvalue weighted by Gasteiger charge is -2.27. The molecule has 6 nitrogen and oxygen atoms in total. The first-order chi connectivity index (χ1) is 12.4. The highest BCUT2D eigenvalue weighted by Gasteiger charge is 2.32. The second-order valence-electron chi connectivity index (χ2n) is 5.93. The zero-order valence-corrected chi connectivity index (χ0v) is 14.6. The van der Waals surface area contributed by atoms with Gasteiger partial charge in [0.15, 0.2) is 0 Å². The van der Waals surface area contributed by atoms with Crippen LogP contribution in [-0.4, -0.2) is 46.6 Å². The Balaban J connectivity index is 1.91. The van der Waals surface area contributed by atoms with Crippen molar-refractivity contribution in [3.05, 3.63) is 71.8 Å². The topological polar surface area (TPSA) is 93.1 Å².